The van der Waals surface area contributed by atoms with E-state index in [-0.39, 0.29) is 6.16 Å². The van der Waals surface area contributed by atoms with E-state index >= 15 is 0 Å². The number of ether oxygens (including phenoxy) is 1. The van der Waals surface area contributed by atoms with Crippen molar-refractivity contribution in [2.24, 2.45) is 0 Å². The van der Waals surface area contributed by atoms with E-state index in [0.717, 1.165) is 0 Å². The van der Waals surface area contributed by atoms with Crippen molar-refractivity contribution >= 4 is 13.5 Å². The molecule has 0 bridgehead atoms. The second kappa shape index (κ2) is 7.31. The van der Waals surface area contributed by atoms with Gasteiger partial charge in [-0.15, -0.1) is 0 Å². The van der Waals surface area contributed by atoms with Gasteiger partial charge in [-0.05, 0) is 26.0 Å². The number of esters is 1. The number of rotatable bonds is 7. The lowest BCUT2D eigenvalue weighted by atomic mass is 10.3. The molecule has 5 nitrogen and oxygen atoms in total. The summed E-state index contributed by atoms with van der Waals surface area (Å²) >= 11 is 0. The van der Waals surface area contributed by atoms with Gasteiger partial charge < -0.3 is 9.26 Å². The van der Waals surface area contributed by atoms with E-state index in [2.05, 4.69) is 5.09 Å². The number of benzene rings is 1. The van der Waals surface area contributed by atoms with Gasteiger partial charge in [0, 0.05) is 6.16 Å². The number of hydrogen-bond donors (Lipinski definition) is 1. The monoisotopic (exact) mass is 285 g/mol. The van der Waals surface area contributed by atoms with Gasteiger partial charge in [0.15, 0.2) is 0 Å². The van der Waals surface area contributed by atoms with Crippen LogP contribution in [0.5, 0.6) is 5.75 Å². The van der Waals surface area contributed by atoms with E-state index in [1.165, 1.54) is 0 Å². The minimum Gasteiger partial charge on any atom is -0.465 e. The lowest BCUT2D eigenvalue weighted by molar-refractivity contribution is -0.144. The average molecular weight is 285 g/mol. The van der Waals surface area contributed by atoms with Crippen LogP contribution in [0.15, 0.2) is 30.3 Å². The van der Waals surface area contributed by atoms with Crippen molar-refractivity contribution in [2.45, 2.75) is 26.8 Å². The quantitative estimate of drug-likeness (QED) is 0.616. The Morgan fingerprint density at radius 3 is 2.47 bits per heavy atom. The molecule has 0 aliphatic heterocycles. The molecule has 19 heavy (non-hydrogen) atoms. The molecule has 1 aromatic rings. The highest BCUT2D eigenvalue weighted by molar-refractivity contribution is 7.57. The average Bonchev–Trinajstić information content (AvgIpc) is 2.40. The number of nitrogens with one attached hydrogen (secondary N) is 1. The minimum atomic E-state index is -3.11. The van der Waals surface area contributed by atoms with Crippen LogP contribution >= 0.6 is 7.52 Å². The van der Waals surface area contributed by atoms with Crippen molar-refractivity contribution in [3.05, 3.63) is 30.3 Å². The Morgan fingerprint density at radius 2 is 1.95 bits per heavy atom. The number of hydrogen-bond acceptors (Lipinski definition) is 4. The summed E-state index contributed by atoms with van der Waals surface area (Å²) in [6.07, 6.45) is 0.283. The van der Waals surface area contributed by atoms with Gasteiger partial charge in [0.2, 0.25) is 0 Å². The zero-order valence-corrected chi connectivity index (χ0v) is 12.4. The molecule has 0 saturated carbocycles. The molecule has 0 aliphatic rings. The van der Waals surface area contributed by atoms with Crippen LogP contribution in [0, 0.1) is 0 Å². The second-order valence-electron chi connectivity index (χ2n) is 4.00. The smallest absolute Gasteiger partial charge is 0.323 e. The van der Waals surface area contributed by atoms with Crippen molar-refractivity contribution in [1.82, 2.24) is 5.09 Å². The molecule has 106 valence electrons. The van der Waals surface area contributed by atoms with Crippen molar-refractivity contribution in [1.29, 1.82) is 0 Å². The van der Waals surface area contributed by atoms with Crippen molar-refractivity contribution in [2.75, 3.05) is 12.8 Å². The normalized spacial score (nSPS) is 15.3. The maximum absolute atomic E-state index is 12.5. The first-order valence-corrected chi connectivity index (χ1v) is 8.10. The third-order valence-corrected chi connectivity index (χ3v) is 4.56. The summed E-state index contributed by atoms with van der Waals surface area (Å²) in [5.41, 5.74) is 0. The Hall–Kier alpha value is -1.32. The maximum atomic E-state index is 12.5. The van der Waals surface area contributed by atoms with Crippen LogP contribution < -0.4 is 9.61 Å². The van der Waals surface area contributed by atoms with E-state index in [1.54, 1.807) is 45.0 Å². The van der Waals surface area contributed by atoms with Gasteiger partial charge in [-0.2, -0.15) is 0 Å². The first kappa shape index (κ1) is 15.7. The third kappa shape index (κ3) is 5.05. The summed E-state index contributed by atoms with van der Waals surface area (Å²) in [5, 5.41) is 2.73. The van der Waals surface area contributed by atoms with Crippen LogP contribution in [0.4, 0.5) is 0 Å². The SMILES string of the molecule is CCOC(=O)[C@H](C)NP(=O)(CC)Oc1ccccc1. The Bertz CT molecular complexity index is 449. The zero-order valence-electron chi connectivity index (χ0n) is 11.5. The van der Waals surface area contributed by atoms with E-state index in [0.29, 0.717) is 12.4 Å². The Balaban J connectivity index is 2.70. The Kier molecular flexibility index (Phi) is 6.06. The minimum absolute atomic E-state index is 0.283. The predicted molar refractivity (Wildman–Crippen MR) is 74.4 cm³/mol. The molecule has 6 heteroatoms. The van der Waals surface area contributed by atoms with E-state index in [4.69, 9.17) is 9.26 Å². The highest BCUT2D eigenvalue weighted by Gasteiger charge is 2.28. The van der Waals surface area contributed by atoms with E-state index < -0.39 is 19.5 Å². The molecule has 1 aromatic carbocycles. The van der Waals surface area contributed by atoms with Gasteiger partial charge in [-0.1, -0.05) is 25.1 Å². The molecule has 0 fully saturated rings. The molecule has 1 unspecified atom stereocenters. The fourth-order valence-electron chi connectivity index (χ4n) is 1.45. The lowest BCUT2D eigenvalue weighted by Gasteiger charge is -2.22. The van der Waals surface area contributed by atoms with Crippen molar-refractivity contribution in [3.8, 4) is 5.75 Å². The predicted octanol–water partition coefficient (Wildman–Crippen LogP) is 2.82. The standard InChI is InChI=1S/C13H20NO4P/c1-4-17-13(15)11(3)14-19(16,5-2)18-12-9-7-6-8-10-12/h6-11H,4-5H2,1-3H3,(H,14,16)/t11-,19?/m0/s1. The molecule has 0 heterocycles. The molecular formula is C13H20NO4P. The van der Waals surface area contributed by atoms with Crippen molar-refractivity contribution in [3.63, 3.8) is 0 Å². The Morgan fingerprint density at radius 1 is 1.32 bits per heavy atom. The zero-order chi connectivity index (χ0) is 14.3. The van der Waals surface area contributed by atoms with Gasteiger partial charge in [-0.3, -0.25) is 9.36 Å². The van der Waals surface area contributed by atoms with E-state index in [1.807, 2.05) is 6.07 Å². The lowest BCUT2D eigenvalue weighted by Crippen LogP contribution is -2.35. The van der Waals surface area contributed by atoms with Crippen LogP contribution in [-0.4, -0.2) is 24.8 Å². The van der Waals surface area contributed by atoms with E-state index in [9.17, 15) is 9.36 Å². The summed E-state index contributed by atoms with van der Waals surface area (Å²) in [4.78, 5) is 11.5. The fraction of sp³-hybridized carbons (Fsp3) is 0.462. The second-order valence-corrected chi connectivity index (χ2v) is 6.42. The number of para-hydroxylation sites is 1. The fourth-order valence-corrected chi connectivity index (χ4v) is 2.97. The van der Waals surface area contributed by atoms with Crippen LogP contribution in [0.3, 0.4) is 0 Å². The molecule has 0 aliphatic carbocycles. The van der Waals surface area contributed by atoms with Crippen LogP contribution in [0.1, 0.15) is 20.8 Å². The number of carbonyl (C=O) groups is 1. The highest BCUT2D eigenvalue weighted by Crippen LogP contribution is 2.42. The third-order valence-electron chi connectivity index (χ3n) is 2.44. The summed E-state index contributed by atoms with van der Waals surface area (Å²) in [5.74, 6) is 0.0732. The molecule has 0 saturated heterocycles. The molecule has 0 spiro atoms. The summed E-state index contributed by atoms with van der Waals surface area (Å²) < 4.78 is 22.9. The van der Waals surface area contributed by atoms with Crippen LogP contribution in [0.25, 0.3) is 0 Å². The first-order valence-electron chi connectivity index (χ1n) is 6.29. The molecule has 0 aromatic heterocycles. The molecule has 1 rings (SSSR count). The summed E-state index contributed by atoms with van der Waals surface area (Å²) in [6.45, 7) is 5.37. The number of carbonyl (C=O) groups excluding carboxylic acids is 1. The largest absolute Gasteiger partial charge is 0.465 e. The van der Waals surface area contributed by atoms with Gasteiger partial charge >= 0.3 is 13.5 Å². The summed E-state index contributed by atoms with van der Waals surface area (Å²) in [6, 6.07) is 8.21. The topological polar surface area (TPSA) is 64.6 Å². The first-order chi connectivity index (χ1) is 9.00. The van der Waals surface area contributed by atoms with Gasteiger partial charge in [0.05, 0.1) is 6.61 Å². The Labute approximate surface area is 113 Å². The molecule has 2 atom stereocenters. The molecule has 1 N–H and O–H groups in total. The van der Waals surface area contributed by atoms with Gasteiger partial charge in [-0.25, -0.2) is 5.09 Å². The summed E-state index contributed by atoms with van der Waals surface area (Å²) in [7, 11) is -3.11. The molecule has 0 amide bonds. The van der Waals surface area contributed by atoms with Gasteiger partial charge in [0.25, 0.3) is 0 Å². The van der Waals surface area contributed by atoms with Gasteiger partial charge in [0.1, 0.15) is 11.8 Å². The molecule has 0 radical (unpaired) electrons. The maximum Gasteiger partial charge on any atom is 0.323 e. The molecular weight excluding hydrogens is 265 g/mol. The van der Waals surface area contributed by atoms with Crippen molar-refractivity contribution < 1.29 is 18.6 Å². The van der Waals surface area contributed by atoms with Crippen LogP contribution in [0.2, 0.25) is 0 Å². The van der Waals surface area contributed by atoms with Crippen LogP contribution in [-0.2, 0) is 14.1 Å². The highest BCUT2D eigenvalue weighted by atomic mass is 31.2.